The molecule has 1 unspecified atom stereocenters. The highest BCUT2D eigenvalue weighted by atomic mass is 16.5. The molecule has 0 fully saturated rings. The minimum atomic E-state index is -0.128. The van der Waals surface area contributed by atoms with Gasteiger partial charge < -0.3 is 14.8 Å². The third kappa shape index (κ3) is 4.49. The van der Waals surface area contributed by atoms with Gasteiger partial charge in [-0.05, 0) is 24.1 Å². The Morgan fingerprint density at radius 2 is 1.65 bits per heavy atom. The Labute approximate surface area is 137 Å². The van der Waals surface area contributed by atoms with Crippen LogP contribution in [0.1, 0.15) is 35.2 Å². The molecule has 0 saturated heterocycles. The fourth-order valence-corrected chi connectivity index (χ4v) is 2.48. The van der Waals surface area contributed by atoms with Crippen LogP contribution in [0.5, 0.6) is 11.5 Å². The van der Waals surface area contributed by atoms with Crippen molar-refractivity contribution in [3.05, 3.63) is 59.7 Å². The van der Waals surface area contributed by atoms with Gasteiger partial charge in [-0.3, -0.25) is 4.79 Å². The SMILES string of the molecule is CCC(CNC(=O)c1cc(OC)cc(OC)c1)c1ccccc1. The van der Waals surface area contributed by atoms with E-state index in [4.69, 9.17) is 9.47 Å². The maximum Gasteiger partial charge on any atom is 0.251 e. The molecule has 0 spiro atoms. The molecule has 0 bridgehead atoms. The van der Waals surface area contributed by atoms with Gasteiger partial charge in [0.25, 0.3) is 5.91 Å². The molecule has 4 nitrogen and oxygen atoms in total. The molecule has 1 N–H and O–H groups in total. The molecule has 122 valence electrons. The van der Waals surface area contributed by atoms with Crippen LogP contribution in [0.15, 0.2) is 48.5 Å². The summed E-state index contributed by atoms with van der Waals surface area (Å²) in [6, 6.07) is 15.4. The first kappa shape index (κ1) is 16.9. The number of benzene rings is 2. The van der Waals surface area contributed by atoms with Gasteiger partial charge in [-0.15, -0.1) is 0 Å². The Morgan fingerprint density at radius 3 is 2.17 bits per heavy atom. The highest BCUT2D eigenvalue weighted by Crippen LogP contribution is 2.23. The van der Waals surface area contributed by atoms with Gasteiger partial charge in [0.2, 0.25) is 0 Å². The van der Waals surface area contributed by atoms with E-state index in [9.17, 15) is 4.79 Å². The van der Waals surface area contributed by atoms with E-state index in [2.05, 4.69) is 24.4 Å². The van der Waals surface area contributed by atoms with E-state index in [1.54, 1.807) is 32.4 Å². The van der Waals surface area contributed by atoms with Crippen LogP contribution >= 0.6 is 0 Å². The molecule has 2 aromatic carbocycles. The van der Waals surface area contributed by atoms with E-state index in [0.29, 0.717) is 29.5 Å². The van der Waals surface area contributed by atoms with Crippen LogP contribution in [0, 0.1) is 0 Å². The zero-order valence-corrected chi connectivity index (χ0v) is 13.8. The molecule has 0 aliphatic rings. The third-order valence-electron chi connectivity index (χ3n) is 3.89. The Hall–Kier alpha value is -2.49. The summed E-state index contributed by atoms with van der Waals surface area (Å²) < 4.78 is 10.4. The van der Waals surface area contributed by atoms with E-state index in [0.717, 1.165) is 6.42 Å². The fourth-order valence-electron chi connectivity index (χ4n) is 2.48. The van der Waals surface area contributed by atoms with Crippen LogP contribution in [0.4, 0.5) is 0 Å². The summed E-state index contributed by atoms with van der Waals surface area (Å²) in [4.78, 5) is 12.4. The second-order valence-corrected chi connectivity index (χ2v) is 5.33. The Kier molecular flexibility index (Phi) is 6.03. The summed E-state index contributed by atoms with van der Waals surface area (Å²) in [5.74, 6) is 1.37. The number of hydrogen-bond acceptors (Lipinski definition) is 3. The zero-order valence-electron chi connectivity index (χ0n) is 13.8. The predicted octanol–water partition coefficient (Wildman–Crippen LogP) is 3.63. The third-order valence-corrected chi connectivity index (χ3v) is 3.89. The van der Waals surface area contributed by atoms with Crippen molar-refractivity contribution < 1.29 is 14.3 Å². The Bertz CT molecular complexity index is 618. The molecule has 0 aliphatic heterocycles. The maximum absolute atomic E-state index is 12.4. The van der Waals surface area contributed by atoms with Gasteiger partial charge >= 0.3 is 0 Å². The quantitative estimate of drug-likeness (QED) is 0.849. The second kappa shape index (κ2) is 8.22. The fraction of sp³-hybridized carbons (Fsp3) is 0.316. The number of methoxy groups -OCH3 is 2. The number of rotatable bonds is 7. The highest BCUT2D eigenvalue weighted by molar-refractivity contribution is 5.95. The molecule has 1 atom stereocenters. The highest BCUT2D eigenvalue weighted by Gasteiger charge is 2.13. The number of carbonyl (C=O) groups excluding carboxylic acids is 1. The summed E-state index contributed by atoms with van der Waals surface area (Å²) in [6.07, 6.45) is 0.964. The summed E-state index contributed by atoms with van der Waals surface area (Å²) in [5, 5.41) is 3.00. The normalized spacial score (nSPS) is 11.6. The van der Waals surface area contributed by atoms with Gasteiger partial charge in [-0.1, -0.05) is 37.3 Å². The zero-order chi connectivity index (χ0) is 16.7. The summed E-state index contributed by atoms with van der Waals surface area (Å²) in [6.45, 7) is 2.72. The van der Waals surface area contributed by atoms with Crippen molar-refractivity contribution in [2.75, 3.05) is 20.8 Å². The topological polar surface area (TPSA) is 47.6 Å². The monoisotopic (exact) mass is 313 g/mol. The van der Waals surface area contributed by atoms with E-state index in [-0.39, 0.29) is 5.91 Å². The molecule has 2 rings (SSSR count). The molecule has 0 aliphatic carbocycles. The van der Waals surface area contributed by atoms with E-state index in [1.165, 1.54) is 5.56 Å². The summed E-state index contributed by atoms with van der Waals surface area (Å²) in [5.41, 5.74) is 1.77. The lowest BCUT2D eigenvalue weighted by molar-refractivity contribution is 0.0950. The van der Waals surface area contributed by atoms with Crippen molar-refractivity contribution >= 4 is 5.91 Å². The first-order chi connectivity index (χ1) is 11.2. The van der Waals surface area contributed by atoms with E-state index >= 15 is 0 Å². The molecule has 0 aromatic heterocycles. The first-order valence-corrected chi connectivity index (χ1v) is 7.74. The number of hydrogen-bond donors (Lipinski definition) is 1. The Morgan fingerprint density at radius 1 is 1.04 bits per heavy atom. The minimum Gasteiger partial charge on any atom is -0.497 e. The largest absolute Gasteiger partial charge is 0.497 e. The number of nitrogens with one attached hydrogen (secondary N) is 1. The van der Waals surface area contributed by atoms with Crippen LogP contribution in [0.2, 0.25) is 0 Å². The van der Waals surface area contributed by atoms with Gasteiger partial charge in [0.1, 0.15) is 11.5 Å². The molecule has 4 heteroatoms. The smallest absolute Gasteiger partial charge is 0.251 e. The van der Waals surface area contributed by atoms with Crippen LogP contribution in [-0.4, -0.2) is 26.7 Å². The predicted molar refractivity (Wildman–Crippen MR) is 91.4 cm³/mol. The van der Waals surface area contributed by atoms with Gasteiger partial charge in [0.15, 0.2) is 0 Å². The van der Waals surface area contributed by atoms with Crippen molar-refractivity contribution in [3.8, 4) is 11.5 Å². The molecule has 2 aromatic rings. The lowest BCUT2D eigenvalue weighted by Crippen LogP contribution is -2.28. The van der Waals surface area contributed by atoms with Gasteiger partial charge in [-0.2, -0.15) is 0 Å². The average molecular weight is 313 g/mol. The van der Waals surface area contributed by atoms with Crippen LogP contribution in [-0.2, 0) is 0 Å². The van der Waals surface area contributed by atoms with Gasteiger partial charge in [0, 0.05) is 24.1 Å². The van der Waals surface area contributed by atoms with Crippen molar-refractivity contribution in [3.63, 3.8) is 0 Å². The van der Waals surface area contributed by atoms with Gasteiger partial charge in [-0.25, -0.2) is 0 Å². The molecule has 0 radical (unpaired) electrons. The maximum atomic E-state index is 12.4. The summed E-state index contributed by atoms with van der Waals surface area (Å²) >= 11 is 0. The molecule has 0 saturated carbocycles. The number of ether oxygens (including phenoxy) is 2. The van der Waals surface area contributed by atoms with Crippen LogP contribution in [0.3, 0.4) is 0 Å². The van der Waals surface area contributed by atoms with Crippen molar-refractivity contribution in [1.29, 1.82) is 0 Å². The van der Waals surface area contributed by atoms with E-state index in [1.807, 2.05) is 18.2 Å². The number of carbonyl (C=O) groups is 1. The molecular weight excluding hydrogens is 290 g/mol. The van der Waals surface area contributed by atoms with Crippen LogP contribution < -0.4 is 14.8 Å². The van der Waals surface area contributed by atoms with Gasteiger partial charge in [0.05, 0.1) is 14.2 Å². The minimum absolute atomic E-state index is 0.128. The first-order valence-electron chi connectivity index (χ1n) is 7.74. The molecule has 23 heavy (non-hydrogen) atoms. The second-order valence-electron chi connectivity index (χ2n) is 5.33. The van der Waals surface area contributed by atoms with Crippen molar-refractivity contribution in [2.45, 2.75) is 19.3 Å². The summed E-state index contributed by atoms with van der Waals surface area (Å²) in [7, 11) is 3.14. The van der Waals surface area contributed by atoms with Crippen LogP contribution in [0.25, 0.3) is 0 Å². The average Bonchev–Trinajstić information content (AvgIpc) is 2.62. The van der Waals surface area contributed by atoms with Crippen molar-refractivity contribution in [1.82, 2.24) is 5.32 Å². The van der Waals surface area contributed by atoms with Crippen molar-refractivity contribution in [2.24, 2.45) is 0 Å². The standard InChI is InChI=1S/C19H23NO3/c1-4-14(15-8-6-5-7-9-15)13-20-19(21)16-10-17(22-2)12-18(11-16)23-3/h5-12,14H,4,13H2,1-3H3,(H,20,21). The lowest BCUT2D eigenvalue weighted by Gasteiger charge is -2.16. The molecule has 0 heterocycles. The number of amides is 1. The Balaban J connectivity index is 2.07. The molecule has 1 amide bonds. The lowest BCUT2D eigenvalue weighted by atomic mass is 9.96. The molecular formula is C19H23NO3. The van der Waals surface area contributed by atoms with E-state index < -0.39 is 0 Å².